The lowest BCUT2D eigenvalue weighted by Gasteiger charge is -2.24. The minimum Gasteiger partial charge on any atom is -0.459 e. The summed E-state index contributed by atoms with van der Waals surface area (Å²) in [4.78, 5) is 27.8. The number of hydrogen-bond donors (Lipinski definition) is 1. The van der Waals surface area contributed by atoms with E-state index >= 15 is 0 Å². The van der Waals surface area contributed by atoms with Crippen LogP contribution in [-0.2, 0) is 19.1 Å². The Kier molecular flexibility index (Phi) is 8.52. The van der Waals surface area contributed by atoms with Crippen LogP contribution in [0, 0.1) is 5.41 Å². The molecule has 2 N–H and O–H groups in total. The zero-order chi connectivity index (χ0) is 15.0. The van der Waals surface area contributed by atoms with Crippen molar-refractivity contribution in [2.45, 2.75) is 66.0 Å². The maximum absolute atomic E-state index is 11.5. The zero-order valence-corrected chi connectivity index (χ0v) is 12.2. The Bertz CT molecular complexity index is 280. The van der Waals surface area contributed by atoms with Crippen molar-refractivity contribution < 1.29 is 19.1 Å². The first-order valence-corrected chi connectivity index (χ1v) is 5.90. The van der Waals surface area contributed by atoms with Crippen molar-refractivity contribution in [2.75, 3.05) is 0 Å². The second-order valence-corrected chi connectivity index (χ2v) is 6.32. The van der Waals surface area contributed by atoms with Gasteiger partial charge in [-0.3, -0.25) is 4.79 Å². The lowest BCUT2D eigenvalue weighted by Crippen LogP contribution is -2.37. The van der Waals surface area contributed by atoms with Gasteiger partial charge in [0.2, 0.25) is 0 Å². The molecule has 0 saturated heterocycles. The molecule has 0 aliphatic heterocycles. The number of ether oxygens (including phenoxy) is 1. The molecule has 0 radical (unpaired) electrons. The average Bonchev–Trinajstić information content (AvgIpc) is 2.11. The van der Waals surface area contributed by atoms with E-state index in [1.165, 1.54) is 0 Å². The van der Waals surface area contributed by atoms with Gasteiger partial charge in [0.25, 0.3) is 0 Å². The van der Waals surface area contributed by atoms with Gasteiger partial charge in [0, 0.05) is 0 Å². The molecule has 106 valence electrons. The van der Waals surface area contributed by atoms with E-state index in [9.17, 15) is 4.79 Å². The molecule has 0 spiro atoms. The molecular weight excluding hydrogens is 234 g/mol. The van der Waals surface area contributed by atoms with Crippen LogP contribution in [0.2, 0.25) is 0 Å². The van der Waals surface area contributed by atoms with Gasteiger partial charge in [-0.05, 0) is 39.0 Å². The first-order chi connectivity index (χ1) is 7.93. The van der Waals surface area contributed by atoms with Crippen molar-refractivity contribution in [1.82, 2.24) is 0 Å². The fraction of sp³-hybridized carbons (Fsp3) is 0.846. The predicted molar refractivity (Wildman–Crippen MR) is 67.5 cm³/mol. The molecule has 1 atom stereocenters. The summed E-state index contributed by atoms with van der Waals surface area (Å²) in [7, 11) is 0. The maximum atomic E-state index is 11.5. The number of hydrogen-bond acceptors (Lipinski definition) is 5. The smallest absolute Gasteiger partial charge is 0.373 e. The third-order valence-electron chi connectivity index (χ3n) is 1.91. The van der Waals surface area contributed by atoms with Crippen molar-refractivity contribution in [3.63, 3.8) is 0 Å². The number of carbonyl (C=O) groups is 1. The monoisotopic (exact) mass is 259 g/mol. The van der Waals surface area contributed by atoms with Crippen molar-refractivity contribution >= 4 is 12.1 Å². The molecule has 5 heteroatoms. The van der Waals surface area contributed by atoms with E-state index < -0.39 is 11.6 Å². The average molecular weight is 259 g/mol. The Morgan fingerprint density at radius 3 is 1.83 bits per heavy atom. The van der Waals surface area contributed by atoms with Crippen LogP contribution in [0.5, 0.6) is 0 Å². The standard InChI is InChI=1S/C12H25NO2.CO2/c1-11(2,3)8-7-9(13)10(14)15-12(4,5)6;2-1-3/h9H,7-8,13H2,1-6H3;/t9-;/m0./s1. The van der Waals surface area contributed by atoms with Gasteiger partial charge in [-0.15, -0.1) is 0 Å². The van der Waals surface area contributed by atoms with Crippen LogP contribution in [0.15, 0.2) is 0 Å². The van der Waals surface area contributed by atoms with E-state index in [4.69, 9.17) is 20.1 Å². The molecule has 0 bridgehead atoms. The van der Waals surface area contributed by atoms with Crippen LogP contribution in [0.4, 0.5) is 0 Å². The quantitative estimate of drug-likeness (QED) is 0.782. The number of esters is 1. The van der Waals surface area contributed by atoms with Crippen molar-refractivity contribution in [3.8, 4) is 0 Å². The van der Waals surface area contributed by atoms with E-state index in [1.54, 1.807) is 0 Å². The van der Waals surface area contributed by atoms with Crippen molar-refractivity contribution in [3.05, 3.63) is 0 Å². The third-order valence-corrected chi connectivity index (χ3v) is 1.91. The minimum atomic E-state index is -0.497. The van der Waals surface area contributed by atoms with Crippen LogP contribution >= 0.6 is 0 Å². The molecule has 5 nitrogen and oxygen atoms in total. The Hall–Kier alpha value is -1.19. The summed E-state index contributed by atoms with van der Waals surface area (Å²) >= 11 is 0. The molecule has 0 saturated carbocycles. The molecule has 0 aromatic carbocycles. The van der Waals surface area contributed by atoms with Gasteiger partial charge in [-0.1, -0.05) is 20.8 Å². The number of rotatable bonds is 3. The van der Waals surface area contributed by atoms with Crippen molar-refractivity contribution in [2.24, 2.45) is 11.1 Å². The van der Waals surface area contributed by atoms with Crippen molar-refractivity contribution in [1.29, 1.82) is 0 Å². The summed E-state index contributed by atoms with van der Waals surface area (Å²) in [5, 5.41) is 0. The first kappa shape index (κ1) is 19.2. The molecule has 0 aromatic heterocycles. The molecule has 0 amide bonds. The van der Waals surface area contributed by atoms with Gasteiger partial charge in [-0.2, -0.15) is 9.59 Å². The van der Waals surface area contributed by atoms with Gasteiger partial charge in [0.15, 0.2) is 0 Å². The fourth-order valence-electron chi connectivity index (χ4n) is 1.08. The zero-order valence-electron chi connectivity index (χ0n) is 12.2. The maximum Gasteiger partial charge on any atom is 0.373 e. The lowest BCUT2D eigenvalue weighted by molar-refractivity contribution is -0.191. The topological polar surface area (TPSA) is 86.5 Å². The summed E-state index contributed by atoms with van der Waals surface area (Å²) in [6.45, 7) is 11.9. The van der Waals surface area contributed by atoms with Crippen LogP contribution in [0.3, 0.4) is 0 Å². The van der Waals surface area contributed by atoms with E-state index in [0.717, 1.165) is 6.42 Å². The second kappa shape index (κ2) is 8.01. The number of nitrogens with two attached hydrogens (primary N) is 1. The lowest BCUT2D eigenvalue weighted by atomic mass is 9.89. The van der Waals surface area contributed by atoms with Crippen LogP contribution in [0.1, 0.15) is 54.4 Å². The van der Waals surface area contributed by atoms with E-state index in [0.29, 0.717) is 6.42 Å². The van der Waals surface area contributed by atoms with Gasteiger partial charge in [-0.25, -0.2) is 0 Å². The molecule has 0 rings (SSSR count). The minimum absolute atomic E-state index is 0.208. The first-order valence-electron chi connectivity index (χ1n) is 5.90. The number of carbonyl (C=O) groups excluding carboxylic acids is 3. The molecule has 0 unspecified atom stereocenters. The Morgan fingerprint density at radius 1 is 1.17 bits per heavy atom. The van der Waals surface area contributed by atoms with Crippen LogP contribution < -0.4 is 5.73 Å². The molecule has 18 heavy (non-hydrogen) atoms. The molecule has 0 heterocycles. The van der Waals surface area contributed by atoms with Gasteiger partial charge in [0.1, 0.15) is 11.6 Å². The highest BCUT2D eigenvalue weighted by Crippen LogP contribution is 2.21. The third kappa shape index (κ3) is 14.8. The largest absolute Gasteiger partial charge is 0.459 e. The molecule has 0 aliphatic rings. The summed E-state index contributed by atoms with van der Waals surface area (Å²) in [6.07, 6.45) is 1.85. The molecule has 0 aliphatic carbocycles. The summed E-state index contributed by atoms with van der Waals surface area (Å²) in [5.74, 6) is -0.299. The molecule has 0 aromatic rings. The van der Waals surface area contributed by atoms with Gasteiger partial charge < -0.3 is 10.5 Å². The molecular formula is C13H25NO4. The summed E-state index contributed by atoms with van der Waals surface area (Å²) < 4.78 is 5.20. The Morgan fingerprint density at radius 2 is 1.56 bits per heavy atom. The fourth-order valence-corrected chi connectivity index (χ4v) is 1.08. The normalized spacial score (nSPS) is 12.8. The van der Waals surface area contributed by atoms with Crippen LogP contribution in [-0.4, -0.2) is 23.8 Å². The van der Waals surface area contributed by atoms with E-state index in [2.05, 4.69) is 20.8 Å². The van der Waals surface area contributed by atoms with Gasteiger partial charge >= 0.3 is 12.1 Å². The highest BCUT2D eigenvalue weighted by molar-refractivity contribution is 5.75. The highest BCUT2D eigenvalue weighted by Gasteiger charge is 2.23. The summed E-state index contributed by atoms with van der Waals surface area (Å²) in [5.41, 5.74) is 5.52. The molecule has 0 fully saturated rings. The SMILES string of the molecule is CC(C)(C)CC[C@H](N)C(=O)OC(C)(C)C.O=C=O. The second-order valence-electron chi connectivity index (χ2n) is 6.32. The highest BCUT2D eigenvalue weighted by atomic mass is 16.6. The van der Waals surface area contributed by atoms with Crippen LogP contribution in [0.25, 0.3) is 0 Å². The van der Waals surface area contributed by atoms with Gasteiger partial charge in [0.05, 0.1) is 0 Å². The Labute approximate surface area is 109 Å². The van der Waals surface area contributed by atoms with E-state index in [1.807, 2.05) is 20.8 Å². The summed E-state index contributed by atoms with van der Waals surface area (Å²) in [6, 6.07) is -0.497. The predicted octanol–water partition coefficient (Wildman–Crippen LogP) is 1.90. The Balaban J connectivity index is 0. The van der Waals surface area contributed by atoms with E-state index in [-0.39, 0.29) is 17.5 Å².